The van der Waals surface area contributed by atoms with E-state index in [9.17, 15) is 4.79 Å². The zero-order valence-corrected chi connectivity index (χ0v) is 15.3. The lowest BCUT2D eigenvalue weighted by molar-refractivity contribution is -0.142. The van der Waals surface area contributed by atoms with Gasteiger partial charge in [0.05, 0.1) is 66.1 Å². The highest BCUT2D eigenvalue weighted by Crippen LogP contribution is 1.85. The van der Waals surface area contributed by atoms with Crippen LogP contribution in [-0.4, -0.2) is 104 Å². The lowest BCUT2D eigenvalue weighted by Gasteiger charge is -2.10. The highest BCUT2D eigenvalue weighted by atomic mass is 16.6. The van der Waals surface area contributed by atoms with Gasteiger partial charge in [0.2, 0.25) is 0 Å². The van der Waals surface area contributed by atoms with Gasteiger partial charge in [-0.2, -0.15) is 0 Å². The molecule has 0 heterocycles. The lowest BCUT2D eigenvalue weighted by atomic mass is 10.6. The second kappa shape index (κ2) is 18.6. The van der Waals surface area contributed by atoms with E-state index in [0.29, 0.717) is 59.5 Å². The van der Waals surface area contributed by atoms with Gasteiger partial charge >= 0.3 is 5.97 Å². The van der Waals surface area contributed by atoms with Crippen LogP contribution in [-0.2, 0) is 33.2 Å². The van der Waals surface area contributed by atoms with Crippen LogP contribution in [0.1, 0.15) is 6.92 Å². The molecule has 0 saturated carbocycles. The van der Waals surface area contributed by atoms with Gasteiger partial charge in [-0.1, -0.05) is 0 Å². The fourth-order valence-electron chi connectivity index (χ4n) is 1.47. The molecule has 0 spiro atoms. The summed E-state index contributed by atoms with van der Waals surface area (Å²) in [6.45, 7) is 7.95. The Morgan fingerprint density at radius 2 is 0.958 bits per heavy atom. The van der Waals surface area contributed by atoms with E-state index in [2.05, 4.69) is 4.90 Å². The Hall–Kier alpha value is -0.770. The molecule has 0 aliphatic carbocycles. The van der Waals surface area contributed by atoms with Crippen LogP contribution < -0.4 is 0 Å². The number of nitrogens with zero attached hydrogens (tertiary/aromatic N) is 1. The lowest BCUT2D eigenvalue weighted by Crippen LogP contribution is -2.19. The molecule has 0 aromatic rings. The maximum Gasteiger partial charge on any atom is 0.302 e. The van der Waals surface area contributed by atoms with E-state index in [1.807, 2.05) is 14.1 Å². The highest BCUT2D eigenvalue weighted by molar-refractivity contribution is 5.65. The summed E-state index contributed by atoms with van der Waals surface area (Å²) in [6, 6.07) is 0. The Morgan fingerprint density at radius 1 is 0.625 bits per heavy atom. The topological polar surface area (TPSA) is 75.7 Å². The molecule has 0 atom stereocenters. The SMILES string of the molecule is CC(=O)OCCOCCOCCOCCOCCOCCN(C)C. The maximum atomic E-state index is 10.5. The van der Waals surface area contributed by atoms with E-state index in [1.54, 1.807) is 0 Å². The summed E-state index contributed by atoms with van der Waals surface area (Å²) in [4.78, 5) is 12.6. The van der Waals surface area contributed by atoms with Gasteiger partial charge in [-0.05, 0) is 14.1 Å². The highest BCUT2D eigenvalue weighted by Gasteiger charge is 1.95. The number of esters is 1. The fourth-order valence-corrected chi connectivity index (χ4v) is 1.47. The molecule has 0 amide bonds. The molecule has 144 valence electrons. The third-order valence-corrected chi connectivity index (χ3v) is 2.70. The molecule has 8 nitrogen and oxygen atoms in total. The number of hydrogen-bond donors (Lipinski definition) is 0. The zero-order valence-electron chi connectivity index (χ0n) is 15.3. The zero-order chi connectivity index (χ0) is 17.9. The molecule has 0 aromatic carbocycles. The smallest absolute Gasteiger partial charge is 0.302 e. The van der Waals surface area contributed by atoms with E-state index in [4.69, 9.17) is 28.4 Å². The Bertz CT molecular complexity index is 277. The third kappa shape index (κ3) is 21.2. The number of likely N-dealkylation sites (N-methyl/N-ethyl adjacent to an activating group) is 1. The largest absolute Gasteiger partial charge is 0.463 e. The monoisotopic (exact) mass is 351 g/mol. The van der Waals surface area contributed by atoms with Crippen molar-refractivity contribution < 1.29 is 33.2 Å². The molecule has 24 heavy (non-hydrogen) atoms. The van der Waals surface area contributed by atoms with E-state index in [-0.39, 0.29) is 12.6 Å². The van der Waals surface area contributed by atoms with Gasteiger partial charge < -0.3 is 33.3 Å². The van der Waals surface area contributed by atoms with Crippen molar-refractivity contribution in [3.05, 3.63) is 0 Å². The summed E-state index contributed by atoms with van der Waals surface area (Å²) in [6.07, 6.45) is 0. The predicted octanol–water partition coefficient (Wildman–Crippen LogP) is 0.194. The van der Waals surface area contributed by atoms with Crippen LogP contribution in [0.15, 0.2) is 0 Å². The summed E-state index contributed by atoms with van der Waals surface area (Å²) >= 11 is 0. The molecule has 0 saturated heterocycles. The maximum absolute atomic E-state index is 10.5. The Morgan fingerprint density at radius 3 is 1.29 bits per heavy atom. The summed E-state index contributed by atoms with van der Waals surface area (Å²) in [5.41, 5.74) is 0. The van der Waals surface area contributed by atoms with Crippen molar-refractivity contribution in [1.82, 2.24) is 4.90 Å². The van der Waals surface area contributed by atoms with Crippen molar-refractivity contribution in [3.8, 4) is 0 Å². The Balaban J connectivity index is 2.99. The van der Waals surface area contributed by atoms with Gasteiger partial charge in [-0.3, -0.25) is 4.79 Å². The van der Waals surface area contributed by atoms with Gasteiger partial charge in [0.15, 0.2) is 0 Å². The summed E-state index contributed by atoms with van der Waals surface area (Å²) < 4.78 is 31.4. The van der Waals surface area contributed by atoms with Gasteiger partial charge in [0.25, 0.3) is 0 Å². The number of carbonyl (C=O) groups excluding carboxylic acids is 1. The first-order chi connectivity index (χ1) is 11.6. The van der Waals surface area contributed by atoms with E-state index in [1.165, 1.54) is 6.92 Å². The van der Waals surface area contributed by atoms with Gasteiger partial charge in [0, 0.05) is 13.5 Å². The van der Waals surface area contributed by atoms with E-state index in [0.717, 1.165) is 13.2 Å². The van der Waals surface area contributed by atoms with E-state index >= 15 is 0 Å². The van der Waals surface area contributed by atoms with Crippen LogP contribution in [0.3, 0.4) is 0 Å². The first-order valence-electron chi connectivity index (χ1n) is 8.29. The standard InChI is InChI=1S/C16H33NO7/c1-16(18)24-15-14-23-13-12-22-11-10-21-9-8-20-7-6-19-5-4-17(2)3/h4-15H2,1-3H3. The molecular formula is C16H33NO7. The average Bonchev–Trinajstić information content (AvgIpc) is 2.53. The number of carbonyl (C=O) groups is 1. The Labute approximate surface area is 145 Å². The number of ether oxygens (including phenoxy) is 6. The van der Waals surface area contributed by atoms with Crippen LogP contribution in [0.2, 0.25) is 0 Å². The van der Waals surface area contributed by atoms with Crippen molar-refractivity contribution in [3.63, 3.8) is 0 Å². The molecule has 0 radical (unpaired) electrons. The van der Waals surface area contributed by atoms with Crippen molar-refractivity contribution in [2.75, 3.05) is 93.3 Å². The molecule has 0 fully saturated rings. The van der Waals surface area contributed by atoms with Crippen molar-refractivity contribution >= 4 is 5.97 Å². The molecule has 0 aromatic heterocycles. The van der Waals surface area contributed by atoms with Crippen molar-refractivity contribution in [2.24, 2.45) is 0 Å². The minimum Gasteiger partial charge on any atom is -0.463 e. The average molecular weight is 351 g/mol. The van der Waals surface area contributed by atoms with Crippen LogP contribution in [0.25, 0.3) is 0 Å². The number of rotatable bonds is 18. The van der Waals surface area contributed by atoms with E-state index < -0.39 is 0 Å². The molecule has 8 heteroatoms. The quantitative estimate of drug-likeness (QED) is 0.256. The van der Waals surface area contributed by atoms with Crippen molar-refractivity contribution in [2.45, 2.75) is 6.92 Å². The van der Waals surface area contributed by atoms with Crippen LogP contribution >= 0.6 is 0 Å². The molecule has 0 rings (SSSR count). The first kappa shape index (κ1) is 23.2. The minimum atomic E-state index is -0.298. The second-order valence-corrected chi connectivity index (χ2v) is 5.21. The fraction of sp³-hybridized carbons (Fsp3) is 0.938. The van der Waals surface area contributed by atoms with Crippen LogP contribution in [0, 0.1) is 0 Å². The molecule has 0 unspecified atom stereocenters. The van der Waals surface area contributed by atoms with Gasteiger partial charge in [-0.25, -0.2) is 0 Å². The molecule has 0 bridgehead atoms. The normalized spacial score (nSPS) is 11.2. The predicted molar refractivity (Wildman–Crippen MR) is 89.3 cm³/mol. The molecule has 0 aliphatic heterocycles. The van der Waals surface area contributed by atoms with Crippen molar-refractivity contribution in [1.29, 1.82) is 0 Å². The summed E-state index contributed by atoms with van der Waals surface area (Å²) in [5, 5.41) is 0. The third-order valence-electron chi connectivity index (χ3n) is 2.70. The van der Waals surface area contributed by atoms with Crippen LogP contribution in [0.4, 0.5) is 0 Å². The van der Waals surface area contributed by atoms with Gasteiger partial charge in [-0.15, -0.1) is 0 Å². The first-order valence-corrected chi connectivity index (χ1v) is 8.29. The molecule has 0 N–H and O–H groups in total. The summed E-state index contributed by atoms with van der Waals surface area (Å²) in [5.74, 6) is -0.298. The Kier molecular flexibility index (Phi) is 18.0. The second-order valence-electron chi connectivity index (χ2n) is 5.21. The number of hydrogen-bond acceptors (Lipinski definition) is 8. The molecule has 0 aliphatic rings. The minimum absolute atomic E-state index is 0.277. The van der Waals surface area contributed by atoms with Gasteiger partial charge in [0.1, 0.15) is 6.61 Å². The molecular weight excluding hydrogens is 318 g/mol. The van der Waals surface area contributed by atoms with Crippen LogP contribution in [0.5, 0.6) is 0 Å². The summed E-state index contributed by atoms with van der Waals surface area (Å²) in [7, 11) is 4.03.